The number of carboxylic acid groups (broad SMARTS) is 1. The van der Waals surface area contributed by atoms with Crippen molar-refractivity contribution in [3.8, 4) is 11.5 Å². The molecule has 0 aliphatic carbocycles. The Bertz CT molecular complexity index is 3100. The number of rotatable bonds is 37. The molecule has 7 amide bonds. The highest BCUT2D eigenvalue weighted by molar-refractivity contribution is 7.50. The molecule has 0 aromatic heterocycles. The van der Waals surface area contributed by atoms with Crippen molar-refractivity contribution in [3.05, 3.63) is 105 Å². The average molecular weight is 1340 g/mol. The van der Waals surface area contributed by atoms with Gasteiger partial charge in [-0.15, -0.1) is 0 Å². The lowest BCUT2D eigenvalue weighted by Gasteiger charge is -2.41. The first kappa shape index (κ1) is 78.6. The lowest BCUT2D eigenvalue weighted by Crippen LogP contribution is -2.60. The molecule has 3 aromatic rings. The molecule has 0 radical (unpaired) electrons. The van der Waals surface area contributed by atoms with Gasteiger partial charge in [0.05, 0.1) is 69.0 Å². The summed E-state index contributed by atoms with van der Waals surface area (Å²) in [7, 11) is 4.02. The number of ether oxygens (including phenoxy) is 5. The molecule has 1 heterocycles. The van der Waals surface area contributed by atoms with Crippen LogP contribution in [-0.2, 0) is 60.4 Å². The van der Waals surface area contributed by atoms with Gasteiger partial charge in [0.25, 0.3) is 5.91 Å². The summed E-state index contributed by atoms with van der Waals surface area (Å²) in [6.07, 6.45) is -2.85. The van der Waals surface area contributed by atoms with Crippen LogP contribution in [-0.4, -0.2) is 199 Å². The number of carboxylic acids is 1. The van der Waals surface area contributed by atoms with Gasteiger partial charge in [0.1, 0.15) is 24.7 Å². The number of likely N-dealkylation sites (tertiary alicyclic amines) is 1. The zero-order valence-electron chi connectivity index (χ0n) is 56.3. The standard InChI is InChI=1S/C64H96N11O18P/c1-15-40(6)55(51(89-13)35-52(76)75-30-19-22-48(75)57(90-14)41(7)58(78)67-42(8)56(77)45-20-17-16-18-21-45)74(11)61(81)54(39(4)5)69-60(80)53(38(2)3)70-63(84)91-37-44-25-28-49(50(34-44)88-12)93-64(85)72(9)31-32-73(10)94(86,87)92-33-29-47(62(82)83)68-59(79)46-26-23-43(24-27-46)36-66-71-65/h16-18,20-21,23-28,34,38-42,47-48,51,53-57,77H,15,19,22,29-33,35-37H2,1-14H3,(H,67,78)(H,68,79)(H,69,80)(H,70,84)(H,82,83)(H,86,87)/t40-,41+,42+,47-,48-,51+,53-,54-,55-,56+,57+/m0/s1. The van der Waals surface area contributed by atoms with E-state index in [1.165, 1.54) is 70.7 Å². The van der Waals surface area contributed by atoms with Gasteiger partial charge in [-0.05, 0) is 91.1 Å². The van der Waals surface area contributed by atoms with Crippen molar-refractivity contribution in [3.63, 3.8) is 0 Å². The van der Waals surface area contributed by atoms with Crippen LogP contribution in [0.1, 0.15) is 121 Å². The number of nitrogens with one attached hydrogen (secondary N) is 4. The summed E-state index contributed by atoms with van der Waals surface area (Å²) in [6.45, 7) is 13.6. The first-order chi connectivity index (χ1) is 44.4. The van der Waals surface area contributed by atoms with Crippen molar-refractivity contribution in [2.45, 2.75) is 155 Å². The zero-order chi connectivity index (χ0) is 70.1. The fraction of sp³-hybridized carbons (Fsp3) is 0.594. The summed E-state index contributed by atoms with van der Waals surface area (Å²) in [5, 5.41) is 34.8. The summed E-state index contributed by atoms with van der Waals surface area (Å²) in [4.78, 5) is 126. The number of methoxy groups -OCH3 is 3. The Balaban J connectivity index is 1.32. The van der Waals surface area contributed by atoms with Gasteiger partial charge in [0.2, 0.25) is 23.6 Å². The molecule has 1 saturated heterocycles. The van der Waals surface area contributed by atoms with E-state index in [1.54, 1.807) is 77.8 Å². The third kappa shape index (κ3) is 22.7. The van der Waals surface area contributed by atoms with E-state index in [0.29, 0.717) is 42.5 Å². The van der Waals surface area contributed by atoms with E-state index in [4.69, 9.17) is 33.7 Å². The highest BCUT2D eigenvalue weighted by Gasteiger charge is 2.44. The maximum absolute atomic E-state index is 14.7. The summed E-state index contributed by atoms with van der Waals surface area (Å²) >= 11 is 0. The molecule has 94 heavy (non-hydrogen) atoms. The van der Waals surface area contributed by atoms with Crippen LogP contribution >= 0.6 is 7.75 Å². The number of alkyl carbamates (subject to hydrolysis) is 1. The van der Waals surface area contributed by atoms with Crippen molar-refractivity contribution in [1.29, 1.82) is 0 Å². The molecule has 3 aromatic carbocycles. The second kappa shape index (κ2) is 37.9. The van der Waals surface area contributed by atoms with Crippen LogP contribution in [0.4, 0.5) is 9.59 Å². The van der Waals surface area contributed by atoms with Crippen LogP contribution in [0.5, 0.6) is 11.5 Å². The monoisotopic (exact) mass is 1340 g/mol. The van der Waals surface area contributed by atoms with Crippen LogP contribution < -0.4 is 30.7 Å². The minimum Gasteiger partial charge on any atom is -0.493 e. The van der Waals surface area contributed by atoms with Gasteiger partial charge in [0, 0.05) is 64.8 Å². The fourth-order valence-corrected chi connectivity index (χ4v) is 11.7. The molecule has 1 unspecified atom stereocenters. The highest BCUT2D eigenvalue weighted by atomic mass is 31.2. The molecule has 0 spiro atoms. The van der Waals surface area contributed by atoms with Gasteiger partial charge in [-0.2, -0.15) is 0 Å². The molecule has 30 heteroatoms. The number of amides is 7. The molecule has 7 N–H and O–H groups in total. The first-order valence-electron chi connectivity index (χ1n) is 31.3. The van der Waals surface area contributed by atoms with Crippen LogP contribution in [0, 0.1) is 23.7 Å². The molecular formula is C64H96N11O18P. The van der Waals surface area contributed by atoms with Gasteiger partial charge < -0.3 is 74.8 Å². The number of benzene rings is 3. The molecular weight excluding hydrogens is 1240 g/mol. The van der Waals surface area contributed by atoms with E-state index >= 15 is 0 Å². The number of likely N-dealkylation sites (N-methyl/N-ethyl adjacent to an activating group) is 3. The van der Waals surface area contributed by atoms with E-state index in [2.05, 4.69) is 31.3 Å². The third-order valence-corrected chi connectivity index (χ3v) is 18.4. The number of hydrogen-bond acceptors (Lipinski definition) is 17. The van der Waals surface area contributed by atoms with E-state index in [0.717, 1.165) is 9.57 Å². The number of aliphatic hydroxyl groups excluding tert-OH is 1. The lowest BCUT2D eigenvalue weighted by molar-refractivity contribution is -0.148. The second-order valence-electron chi connectivity index (χ2n) is 24.1. The van der Waals surface area contributed by atoms with Crippen molar-refractivity contribution in [1.82, 2.24) is 40.6 Å². The normalized spacial score (nSPS) is 16.9. The van der Waals surface area contributed by atoms with Gasteiger partial charge in [-0.3, -0.25) is 28.5 Å². The molecule has 12 atom stereocenters. The van der Waals surface area contributed by atoms with Crippen LogP contribution in [0.15, 0.2) is 77.9 Å². The minimum atomic E-state index is -4.53. The van der Waals surface area contributed by atoms with E-state index in [9.17, 15) is 58.0 Å². The SMILES string of the molecule is CC[C@H](C)[C@@H]([C@@H](CC(=O)N1CCC[C@H]1[C@H](OC)[C@@H](C)C(=O)N[C@H](C)[C@@H](O)c1ccccc1)OC)N(C)C(=O)[C@@H](NC(=O)[C@@H](NC(=O)OCc1ccc(OC(=O)N(C)CCN(C)P(=O)(O)OCC[C@H](NC(=O)c2ccc(CN=[N+]=[N-])cc2)C(=O)O)c(OC)c1)C(C)C)C(C)C. The predicted molar refractivity (Wildman–Crippen MR) is 347 cm³/mol. The maximum Gasteiger partial charge on any atom is 0.415 e. The van der Waals surface area contributed by atoms with Crippen LogP contribution in [0.2, 0.25) is 0 Å². The van der Waals surface area contributed by atoms with E-state index < -0.39 is 123 Å². The largest absolute Gasteiger partial charge is 0.493 e. The minimum absolute atomic E-state index is 0.0216. The number of aliphatic carboxylic acids is 1. The lowest BCUT2D eigenvalue weighted by atomic mass is 9.89. The van der Waals surface area contributed by atoms with E-state index in [-0.39, 0.29) is 73.9 Å². The van der Waals surface area contributed by atoms with Crippen molar-refractivity contribution in [2.24, 2.45) is 28.8 Å². The van der Waals surface area contributed by atoms with Crippen molar-refractivity contribution >= 4 is 55.4 Å². The fourth-order valence-electron chi connectivity index (χ4n) is 10.8. The molecule has 0 bridgehead atoms. The molecule has 4 rings (SSSR count). The Morgan fingerprint density at radius 2 is 1.46 bits per heavy atom. The Kier molecular flexibility index (Phi) is 31.6. The average Bonchev–Trinajstić information content (AvgIpc) is 1.40. The van der Waals surface area contributed by atoms with Gasteiger partial charge in [-0.1, -0.05) is 109 Å². The number of nitrogens with zero attached hydrogens (tertiary/aromatic N) is 7. The Hall–Kier alpha value is -7.88. The summed E-state index contributed by atoms with van der Waals surface area (Å²) in [5.41, 5.74) is 10.3. The number of aliphatic hydroxyl groups is 1. The number of carbonyl (C=O) groups excluding carboxylic acids is 7. The predicted octanol–water partition coefficient (Wildman–Crippen LogP) is 6.81. The topological polar surface area (TPSA) is 380 Å². The Morgan fingerprint density at radius 3 is 2.04 bits per heavy atom. The molecule has 29 nitrogen and oxygen atoms in total. The quantitative estimate of drug-likeness (QED) is 0.0135. The molecule has 1 aliphatic rings. The molecule has 1 aliphatic heterocycles. The number of azide groups is 1. The number of hydrogen-bond donors (Lipinski definition) is 7. The van der Waals surface area contributed by atoms with Gasteiger partial charge in [0.15, 0.2) is 11.5 Å². The van der Waals surface area contributed by atoms with Gasteiger partial charge in [-0.25, -0.2) is 23.6 Å². The molecule has 520 valence electrons. The van der Waals surface area contributed by atoms with Crippen LogP contribution in [0.3, 0.4) is 0 Å². The summed E-state index contributed by atoms with van der Waals surface area (Å²) in [5.74, 6) is -5.55. The summed E-state index contributed by atoms with van der Waals surface area (Å²) in [6, 6.07) is 13.9. The molecule has 1 fully saturated rings. The van der Waals surface area contributed by atoms with Gasteiger partial charge >= 0.3 is 25.9 Å². The number of carbonyl (C=O) groups is 8. The molecule has 0 saturated carbocycles. The van der Waals surface area contributed by atoms with Crippen molar-refractivity contribution < 1.29 is 86.2 Å². The Labute approximate surface area is 550 Å². The first-order valence-corrected chi connectivity index (χ1v) is 32.8. The van der Waals surface area contributed by atoms with Crippen molar-refractivity contribution in [2.75, 3.05) is 68.7 Å². The zero-order valence-corrected chi connectivity index (χ0v) is 57.1. The summed E-state index contributed by atoms with van der Waals surface area (Å²) < 4.78 is 47.7. The third-order valence-electron chi connectivity index (χ3n) is 16.8. The Morgan fingerprint density at radius 1 is 0.809 bits per heavy atom. The second-order valence-corrected chi connectivity index (χ2v) is 26.1. The van der Waals surface area contributed by atoms with Crippen LogP contribution in [0.25, 0.3) is 10.4 Å². The van der Waals surface area contributed by atoms with E-state index in [1.807, 2.05) is 32.0 Å². The highest BCUT2D eigenvalue weighted by Crippen LogP contribution is 2.45. The smallest absolute Gasteiger partial charge is 0.415 e. The maximum atomic E-state index is 14.7.